The van der Waals surface area contributed by atoms with E-state index in [0.717, 1.165) is 16.7 Å². The van der Waals surface area contributed by atoms with Crippen LogP contribution in [0.4, 0.5) is 0 Å². The molecule has 1 spiro atoms. The molecule has 2 atom stereocenters. The first-order valence-electron chi connectivity index (χ1n) is 18.4. The average molecular weight is 772 g/mol. The molecule has 3 aliphatic rings. The lowest BCUT2D eigenvalue weighted by molar-refractivity contribution is -0.0312. The molecule has 1 unspecified atom stereocenters. The highest BCUT2D eigenvalue weighted by Crippen LogP contribution is 2.46. The minimum absolute atomic E-state index is 0.0301. The highest BCUT2D eigenvalue weighted by Gasteiger charge is 2.54. The van der Waals surface area contributed by atoms with Gasteiger partial charge in [0.05, 0.1) is 35.1 Å². The first kappa shape index (κ1) is 39.6. The van der Waals surface area contributed by atoms with Crippen molar-refractivity contribution in [3.8, 4) is 22.6 Å². The Bertz CT molecular complexity index is 1960. The molecule has 2 saturated heterocycles. The van der Waals surface area contributed by atoms with Gasteiger partial charge in [0.15, 0.2) is 9.84 Å². The van der Waals surface area contributed by atoms with Crippen LogP contribution in [0.5, 0.6) is 11.5 Å². The van der Waals surface area contributed by atoms with Crippen molar-refractivity contribution in [1.29, 1.82) is 0 Å². The zero-order chi connectivity index (χ0) is 38.1. The number of hydrogen-bond acceptors (Lipinski definition) is 11. The third-order valence-corrected chi connectivity index (χ3v) is 15.6. The van der Waals surface area contributed by atoms with Crippen molar-refractivity contribution in [3.63, 3.8) is 0 Å². The Morgan fingerprint density at radius 1 is 0.981 bits per heavy atom. The summed E-state index contributed by atoms with van der Waals surface area (Å²) in [7, 11) is -7.56. The first-order chi connectivity index (χ1) is 25.2. The van der Waals surface area contributed by atoms with Gasteiger partial charge in [-0.15, -0.1) is 0 Å². The second kappa shape index (κ2) is 15.6. The number of nitrogens with two attached hydrogens (primary N) is 1. The fourth-order valence-corrected chi connectivity index (χ4v) is 10.6. The van der Waals surface area contributed by atoms with E-state index in [4.69, 9.17) is 19.9 Å². The summed E-state index contributed by atoms with van der Waals surface area (Å²) in [5.41, 5.74) is 8.13. The third kappa shape index (κ3) is 8.30. The van der Waals surface area contributed by atoms with Gasteiger partial charge in [-0.3, -0.25) is 0 Å². The largest absolute Gasteiger partial charge is 0.492 e. The Labute approximate surface area is 313 Å². The van der Waals surface area contributed by atoms with Crippen molar-refractivity contribution in [2.45, 2.75) is 90.6 Å². The number of sulfone groups is 1. The number of benzene rings is 3. The third-order valence-electron chi connectivity index (χ3n) is 11.1. The van der Waals surface area contributed by atoms with Crippen LogP contribution in [-0.2, 0) is 30.0 Å². The predicted octanol–water partition coefficient (Wildman–Crippen LogP) is 3.63. The Balaban J connectivity index is 1.02. The van der Waals surface area contributed by atoms with Crippen molar-refractivity contribution in [2.75, 3.05) is 52.6 Å². The van der Waals surface area contributed by atoms with Crippen LogP contribution in [0.15, 0.2) is 76.5 Å². The van der Waals surface area contributed by atoms with E-state index in [1.54, 1.807) is 24.3 Å². The Morgan fingerprint density at radius 2 is 1.68 bits per heavy atom. The summed E-state index contributed by atoms with van der Waals surface area (Å²) in [5.74, 6) is 0.650. The van der Waals surface area contributed by atoms with E-state index < -0.39 is 42.9 Å². The molecule has 0 aromatic heterocycles. The standard InChI is InChI=1S/C39H53N3O9S2/c1-4-49-35-13-10-29(28-8-11-30(12-9-28)37(2,3)26-40)20-36(35)53(47,48)42-18-16-38(17-19-42)22-31(24-51-38)41-23-32(44)25-50-33-6-5-7-34(21-33)52(45,46)39(27-43)14-15-39/h5-13,20-21,31-32,41,43-44H,4,14-19,22-27,40H2,1-3H3/t31-,32?/m1/s1. The monoisotopic (exact) mass is 771 g/mol. The molecule has 12 nitrogen and oxygen atoms in total. The van der Waals surface area contributed by atoms with Crippen LogP contribution in [0.3, 0.4) is 0 Å². The molecule has 0 amide bonds. The minimum atomic E-state index is -3.88. The van der Waals surface area contributed by atoms with Crippen LogP contribution >= 0.6 is 0 Å². The van der Waals surface area contributed by atoms with Crippen LogP contribution in [0.2, 0.25) is 0 Å². The van der Waals surface area contributed by atoms with E-state index in [1.165, 1.54) is 16.4 Å². The van der Waals surface area contributed by atoms with Gasteiger partial charge in [-0.25, -0.2) is 16.8 Å². The summed E-state index contributed by atoms with van der Waals surface area (Å²) < 4.78 is 72.4. The van der Waals surface area contributed by atoms with Crippen LogP contribution < -0.4 is 20.5 Å². The maximum atomic E-state index is 14.1. The lowest BCUT2D eigenvalue weighted by atomic mass is 9.84. The number of aliphatic hydroxyl groups excluding tert-OH is 2. The number of rotatable bonds is 16. The number of nitrogens with one attached hydrogen (secondary N) is 1. The predicted molar refractivity (Wildman–Crippen MR) is 202 cm³/mol. The molecule has 0 radical (unpaired) electrons. The van der Waals surface area contributed by atoms with Crippen LogP contribution in [0.1, 0.15) is 58.4 Å². The van der Waals surface area contributed by atoms with Crippen LogP contribution in [0.25, 0.3) is 11.1 Å². The van der Waals surface area contributed by atoms with Crippen molar-refractivity contribution in [1.82, 2.24) is 9.62 Å². The zero-order valence-electron chi connectivity index (χ0n) is 30.8. The smallest absolute Gasteiger partial charge is 0.246 e. The number of hydrogen-bond donors (Lipinski definition) is 4. The van der Waals surface area contributed by atoms with Gasteiger partial charge in [0.25, 0.3) is 0 Å². The maximum Gasteiger partial charge on any atom is 0.246 e. The Kier molecular flexibility index (Phi) is 11.6. The van der Waals surface area contributed by atoms with E-state index in [2.05, 4.69) is 19.2 Å². The SMILES string of the molecule is CCOc1ccc(-c2ccc(C(C)(C)CN)cc2)cc1S(=O)(=O)N1CCC2(CC1)C[C@@H](NCC(O)COc1cccc(S(=O)(=O)C3(CO)CC3)c1)CO2. The average Bonchev–Trinajstić information content (AvgIpc) is 3.89. The van der Waals surface area contributed by atoms with Crippen molar-refractivity contribution in [3.05, 3.63) is 72.3 Å². The van der Waals surface area contributed by atoms with E-state index in [1.807, 2.05) is 37.3 Å². The fraction of sp³-hybridized carbons (Fsp3) is 0.538. The summed E-state index contributed by atoms with van der Waals surface area (Å²) >= 11 is 0. The van der Waals surface area contributed by atoms with Gasteiger partial charge in [-0.05, 0) is 86.1 Å². The molecule has 290 valence electrons. The second-order valence-corrected chi connectivity index (χ2v) is 19.5. The van der Waals surface area contributed by atoms with E-state index in [-0.39, 0.29) is 34.4 Å². The van der Waals surface area contributed by atoms with Gasteiger partial charge >= 0.3 is 0 Å². The van der Waals surface area contributed by atoms with E-state index >= 15 is 0 Å². The first-order valence-corrected chi connectivity index (χ1v) is 21.3. The van der Waals surface area contributed by atoms with Gasteiger partial charge in [0.2, 0.25) is 10.0 Å². The van der Waals surface area contributed by atoms with Gasteiger partial charge in [-0.1, -0.05) is 50.2 Å². The Morgan fingerprint density at radius 3 is 2.32 bits per heavy atom. The number of nitrogens with zero attached hydrogens (tertiary/aromatic N) is 1. The molecular weight excluding hydrogens is 719 g/mol. The van der Waals surface area contributed by atoms with Crippen molar-refractivity contribution < 1.29 is 41.3 Å². The van der Waals surface area contributed by atoms with Gasteiger partial charge in [0, 0.05) is 37.6 Å². The molecular formula is C39H53N3O9S2. The zero-order valence-corrected chi connectivity index (χ0v) is 32.4. The number of aliphatic hydroxyl groups is 2. The van der Waals surface area contributed by atoms with Crippen LogP contribution in [-0.4, -0.2) is 106 Å². The molecule has 6 rings (SSSR count). The molecule has 5 N–H and O–H groups in total. The van der Waals surface area contributed by atoms with Crippen LogP contribution in [0, 0.1) is 0 Å². The minimum Gasteiger partial charge on any atom is -0.492 e. The quantitative estimate of drug-likeness (QED) is 0.167. The molecule has 2 aliphatic heterocycles. The normalized spacial score (nSPS) is 20.7. The molecule has 2 heterocycles. The fourth-order valence-electron chi connectivity index (χ4n) is 7.18. The van der Waals surface area contributed by atoms with Gasteiger partial charge in [0.1, 0.15) is 29.1 Å². The topological polar surface area (TPSA) is 178 Å². The molecule has 3 aromatic carbocycles. The lowest BCUT2D eigenvalue weighted by Gasteiger charge is -2.38. The van der Waals surface area contributed by atoms with E-state index in [0.29, 0.717) is 76.5 Å². The molecule has 14 heteroatoms. The van der Waals surface area contributed by atoms with Gasteiger partial charge < -0.3 is 35.5 Å². The second-order valence-electron chi connectivity index (χ2n) is 15.3. The summed E-state index contributed by atoms with van der Waals surface area (Å²) in [6.07, 6.45) is 1.75. The molecule has 53 heavy (non-hydrogen) atoms. The maximum absolute atomic E-state index is 14.1. The lowest BCUT2D eigenvalue weighted by Crippen LogP contribution is -2.47. The van der Waals surface area contributed by atoms with Crippen molar-refractivity contribution in [2.24, 2.45) is 5.73 Å². The summed E-state index contributed by atoms with van der Waals surface area (Å²) in [5, 5.41) is 23.6. The highest BCUT2D eigenvalue weighted by molar-refractivity contribution is 7.93. The molecule has 3 fully saturated rings. The molecule has 1 aliphatic carbocycles. The highest BCUT2D eigenvalue weighted by atomic mass is 32.2. The Hall–Kier alpha value is -3.08. The molecule has 0 bridgehead atoms. The summed E-state index contributed by atoms with van der Waals surface area (Å²) in [6.45, 7) is 7.68. The molecule has 1 saturated carbocycles. The summed E-state index contributed by atoms with van der Waals surface area (Å²) in [4.78, 5) is 0.242. The van der Waals surface area contributed by atoms with E-state index in [9.17, 15) is 27.0 Å². The number of sulfonamides is 1. The van der Waals surface area contributed by atoms with Crippen molar-refractivity contribution >= 4 is 19.9 Å². The van der Waals surface area contributed by atoms with Gasteiger partial charge in [-0.2, -0.15) is 4.31 Å². The number of ether oxygens (including phenoxy) is 3. The number of piperidine rings is 1. The summed E-state index contributed by atoms with van der Waals surface area (Å²) in [6, 6.07) is 19.5. The molecule has 3 aromatic rings.